The van der Waals surface area contributed by atoms with Crippen LogP contribution < -0.4 is 15.4 Å². The average molecular weight is 410 g/mol. The van der Waals surface area contributed by atoms with Crippen molar-refractivity contribution in [3.8, 4) is 5.75 Å². The van der Waals surface area contributed by atoms with Gasteiger partial charge in [-0.05, 0) is 43.3 Å². The second-order valence-electron chi connectivity index (χ2n) is 6.45. The van der Waals surface area contributed by atoms with Gasteiger partial charge in [-0.15, -0.1) is 0 Å². The zero-order valence-electron chi connectivity index (χ0n) is 16.1. The van der Waals surface area contributed by atoms with E-state index >= 15 is 0 Å². The molecule has 4 aromatic rings. The van der Waals surface area contributed by atoms with Crippen LogP contribution in [0.2, 0.25) is 0 Å². The highest BCUT2D eigenvalue weighted by atomic mass is 19.1. The Morgan fingerprint density at radius 1 is 1.20 bits per heavy atom. The summed E-state index contributed by atoms with van der Waals surface area (Å²) in [5, 5.41) is 10.1. The van der Waals surface area contributed by atoms with Gasteiger partial charge >= 0.3 is 0 Å². The van der Waals surface area contributed by atoms with Crippen LogP contribution in [0.15, 0.2) is 53.2 Å². The monoisotopic (exact) mass is 410 g/mol. The molecule has 9 nitrogen and oxygen atoms in total. The number of hydrogen-bond donors (Lipinski definition) is 2. The molecule has 0 atom stereocenters. The molecule has 0 fully saturated rings. The molecule has 0 aliphatic rings. The number of fused-ring (bicyclic) bond motifs is 1. The molecule has 0 aliphatic carbocycles. The summed E-state index contributed by atoms with van der Waals surface area (Å²) in [7, 11) is 0. The predicted molar refractivity (Wildman–Crippen MR) is 106 cm³/mol. The van der Waals surface area contributed by atoms with Gasteiger partial charge in [-0.3, -0.25) is 4.79 Å². The Balaban J connectivity index is 1.25. The predicted octanol–water partition coefficient (Wildman–Crippen LogP) is 2.59. The van der Waals surface area contributed by atoms with Crippen LogP contribution in [0.3, 0.4) is 0 Å². The molecule has 154 valence electrons. The van der Waals surface area contributed by atoms with Crippen molar-refractivity contribution in [1.29, 1.82) is 0 Å². The van der Waals surface area contributed by atoms with Crippen LogP contribution in [0, 0.1) is 12.7 Å². The Hall–Kier alpha value is -3.95. The maximum absolute atomic E-state index is 12.9. The number of anilines is 1. The molecule has 1 aromatic carbocycles. The molecule has 0 unspecified atom stereocenters. The van der Waals surface area contributed by atoms with Crippen LogP contribution in [0.5, 0.6) is 5.75 Å². The van der Waals surface area contributed by atoms with Gasteiger partial charge in [0.2, 0.25) is 0 Å². The fourth-order valence-corrected chi connectivity index (χ4v) is 2.77. The smallest absolute Gasteiger partial charge is 0.287 e. The number of nitrogens with one attached hydrogen (secondary N) is 2. The van der Waals surface area contributed by atoms with Gasteiger partial charge in [0.25, 0.3) is 11.7 Å². The quantitative estimate of drug-likeness (QED) is 0.430. The zero-order valence-corrected chi connectivity index (χ0v) is 16.1. The van der Waals surface area contributed by atoms with Gasteiger partial charge in [0.05, 0.1) is 0 Å². The Morgan fingerprint density at radius 3 is 2.87 bits per heavy atom. The third kappa shape index (κ3) is 4.54. The van der Waals surface area contributed by atoms with E-state index < -0.39 is 0 Å². The van der Waals surface area contributed by atoms with Gasteiger partial charge in [-0.2, -0.15) is 14.6 Å². The minimum Gasteiger partial charge on any atom is -0.486 e. The minimum absolute atomic E-state index is 0.135. The first-order valence-electron chi connectivity index (χ1n) is 9.25. The number of amides is 1. The van der Waals surface area contributed by atoms with Crippen LogP contribution >= 0.6 is 0 Å². The number of nitrogens with zero attached hydrogens (tertiary/aromatic N) is 4. The van der Waals surface area contributed by atoms with Crippen LogP contribution in [0.4, 0.5) is 10.2 Å². The number of aryl methyl sites for hydroxylation is 1. The zero-order chi connectivity index (χ0) is 20.9. The number of halogens is 1. The van der Waals surface area contributed by atoms with E-state index in [2.05, 4.69) is 25.7 Å². The van der Waals surface area contributed by atoms with Gasteiger partial charge < -0.3 is 19.8 Å². The summed E-state index contributed by atoms with van der Waals surface area (Å²) in [5.74, 6) is 1.77. The van der Waals surface area contributed by atoms with E-state index in [0.29, 0.717) is 30.4 Å². The summed E-state index contributed by atoms with van der Waals surface area (Å²) in [4.78, 5) is 20.6. The van der Waals surface area contributed by atoms with Gasteiger partial charge in [0.15, 0.2) is 5.76 Å². The lowest BCUT2D eigenvalue weighted by atomic mass is 10.3. The molecule has 0 saturated heterocycles. The Morgan fingerprint density at radius 2 is 2.03 bits per heavy atom. The first-order chi connectivity index (χ1) is 14.6. The molecule has 10 heteroatoms. The number of carbonyl (C=O) groups excluding carboxylic acids is 1. The van der Waals surface area contributed by atoms with E-state index in [1.165, 1.54) is 30.6 Å². The third-order valence-corrected chi connectivity index (χ3v) is 4.18. The first-order valence-corrected chi connectivity index (χ1v) is 9.25. The summed E-state index contributed by atoms with van der Waals surface area (Å²) in [6.07, 6.45) is 1.43. The van der Waals surface area contributed by atoms with Crippen LogP contribution in [0.1, 0.15) is 22.0 Å². The Bertz CT molecular complexity index is 1160. The number of benzene rings is 1. The number of ether oxygens (including phenoxy) is 1. The first kappa shape index (κ1) is 19.4. The molecule has 3 heterocycles. The molecule has 0 spiro atoms. The fraction of sp³-hybridized carbons (Fsp3) is 0.200. The number of aromatic nitrogens is 4. The standard InChI is InChI=1S/C20H19FN6O3/c1-13-10-18(27-20(26-13)24-12-25-27)22-8-9-23-19(28)17-7-6-16(30-17)11-29-15-4-2-14(21)3-5-15/h2-7,10,12,22H,8-9,11H2,1H3,(H,23,28). The van der Waals surface area contributed by atoms with Crippen molar-refractivity contribution < 1.29 is 18.3 Å². The van der Waals surface area contributed by atoms with Crippen molar-refractivity contribution in [3.05, 3.63) is 71.8 Å². The normalized spacial score (nSPS) is 10.9. The van der Waals surface area contributed by atoms with Crippen molar-refractivity contribution in [1.82, 2.24) is 24.9 Å². The minimum atomic E-state index is -0.335. The molecule has 0 aliphatic heterocycles. The van der Waals surface area contributed by atoms with Crippen molar-refractivity contribution in [2.45, 2.75) is 13.5 Å². The molecule has 3 aromatic heterocycles. The third-order valence-electron chi connectivity index (χ3n) is 4.18. The summed E-state index contributed by atoms with van der Waals surface area (Å²) in [6.45, 7) is 2.86. The number of rotatable bonds is 8. The highest BCUT2D eigenvalue weighted by Crippen LogP contribution is 2.15. The maximum atomic E-state index is 12.9. The Labute approximate surface area is 170 Å². The lowest BCUT2D eigenvalue weighted by Gasteiger charge is -2.09. The van der Waals surface area contributed by atoms with Gasteiger partial charge in [-0.25, -0.2) is 9.37 Å². The maximum Gasteiger partial charge on any atom is 0.287 e. The lowest BCUT2D eigenvalue weighted by Crippen LogP contribution is -2.28. The van der Waals surface area contributed by atoms with Gasteiger partial charge in [0.1, 0.15) is 36.1 Å². The molecule has 0 bridgehead atoms. The second-order valence-corrected chi connectivity index (χ2v) is 6.45. The summed E-state index contributed by atoms with van der Waals surface area (Å²) >= 11 is 0. The van der Waals surface area contributed by atoms with Crippen LogP contribution in [0.25, 0.3) is 5.78 Å². The van der Waals surface area contributed by atoms with E-state index in [9.17, 15) is 9.18 Å². The number of carbonyl (C=O) groups is 1. The van der Waals surface area contributed by atoms with Gasteiger partial charge in [0, 0.05) is 24.8 Å². The highest BCUT2D eigenvalue weighted by molar-refractivity contribution is 5.91. The summed E-state index contributed by atoms with van der Waals surface area (Å²) in [6, 6.07) is 10.8. The number of hydrogen-bond acceptors (Lipinski definition) is 7. The molecular weight excluding hydrogens is 391 g/mol. The van der Waals surface area contributed by atoms with Crippen LogP contribution in [-0.2, 0) is 6.61 Å². The van der Waals surface area contributed by atoms with Crippen molar-refractivity contribution in [3.63, 3.8) is 0 Å². The summed E-state index contributed by atoms with van der Waals surface area (Å²) < 4.78 is 25.5. The fourth-order valence-electron chi connectivity index (χ4n) is 2.77. The summed E-state index contributed by atoms with van der Waals surface area (Å²) in [5.41, 5.74) is 0.813. The Kier molecular flexibility index (Phi) is 5.55. The largest absolute Gasteiger partial charge is 0.486 e. The van der Waals surface area contributed by atoms with Crippen LogP contribution in [-0.4, -0.2) is 38.6 Å². The average Bonchev–Trinajstić information content (AvgIpc) is 3.40. The van der Waals surface area contributed by atoms with E-state index in [0.717, 1.165) is 11.5 Å². The lowest BCUT2D eigenvalue weighted by molar-refractivity contribution is 0.0923. The molecule has 1 amide bonds. The van der Waals surface area contributed by atoms with E-state index in [-0.39, 0.29) is 24.1 Å². The molecule has 0 radical (unpaired) electrons. The molecule has 4 rings (SSSR count). The van der Waals surface area contributed by atoms with Crippen molar-refractivity contribution in [2.75, 3.05) is 18.4 Å². The van der Waals surface area contributed by atoms with E-state index in [4.69, 9.17) is 9.15 Å². The number of furan rings is 1. The molecule has 0 saturated carbocycles. The van der Waals surface area contributed by atoms with Crippen molar-refractivity contribution >= 4 is 17.5 Å². The van der Waals surface area contributed by atoms with E-state index in [1.54, 1.807) is 16.6 Å². The molecular formula is C20H19FN6O3. The van der Waals surface area contributed by atoms with Gasteiger partial charge in [-0.1, -0.05) is 0 Å². The van der Waals surface area contributed by atoms with E-state index in [1.807, 2.05) is 13.0 Å². The van der Waals surface area contributed by atoms with Crippen molar-refractivity contribution in [2.24, 2.45) is 0 Å². The second kappa shape index (κ2) is 8.60. The highest BCUT2D eigenvalue weighted by Gasteiger charge is 2.11. The topological polar surface area (TPSA) is 107 Å². The molecule has 2 N–H and O–H groups in total. The SMILES string of the molecule is Cc1cc(NCCNC(=O)c2ccc(COc3ccc(F)cc3)o2)n2ncnc2n1. The molecule has 30 heavy (non-hydrogen) atoms.